The number of Topliss-reactive ketones (excluding diaryl/α,β-unsaturated/α-hetero) is 1. The molecule has 4 nitrogen and oxygen atoms in total. The highest BCUT2D eigenvalue weighted by molar-refractivity contribution is 6.10. The van der Waals surface area contributed by atoms with Crippen LogP contribution in [-0.2, 0) is 0 Å². The molecule has 4 rings (SSSR count). The number of hydrogen-bond acceptors (Lipinski definition) is 3. The van der Waals surface area contributed by atoms with E-state index in [0.29, 0.717) is 40.9 Å². The molecule has 114 valence electrons. The molecule has 2 aromatic carbocycles. The van der Waals surface area contributed by atoms with Crippen LogP contribution >= 0.6 is 0 Å². The van der Waals surface area contributed by atoms with Crippen molar-refractivity contribution in [3.8, 4) is 11.6 Å². The molecule has 1 aliphatic rings. The van der Waals surface area contributed by atoms with E-state index in [2.05, 4.69) is 0 Å². The van der Waals surface area contributed by atoms with Crippen LogP contribution in [0.2, 0.25) is 0 Å². The summed E-state index contributed by atoms with van der Waals surface area (Å²) in [5.74, 6) is 0.372. The van der Waals surface area contributed by atoms with Gasteiger partial charge in [0.15, 0.2) is 5.78 Å². The number of benzene rings is 2. The molecular weight excluding hydrogens is 290 g/mol. The molecule has 0 saturated heterocycles. The number of aromatic nitrogens is 1. The Hall–Kier alpha value is -2.88. The highest BCUT2D eigenvalue weighted by Crippen LogP contribution is 2.31. The third kappa shape index (κ3) is 2.06. The summed E-state index contributed by atoms with van der Waals surface area (Å²) in [5.41, 5.74) is 2.15. The topological polar surface area (TPSA) is 48.3 Å². The van der Waals surface area contributed by atoms with E-state index in [0.717, 1.165) is 5.56 Å². The van der Waals surface area contributed by atoms with Crippen molar-refractivity contribution >= 4 is 16.6 Å². The number of aryl methyl sites for hydroxylation is 1. The number of fused-ring (bicyclic) bond motifs is 3. The van der Waals surface area contributed by atoms with Crippen LogP contribution in [0, 0.1) is 6.92 Å². The molecular formula is C19H15NO3. The van der Waals surface area contributed by atoms with Gasteiger partial charge in [0, 0.05) is 17.2 Å². The second kappa shape index (κ2) is 5.09. The van der Waals surface area contributed by atoms with Gasteiger partial charge in [0.25, 0.3) is 5.56 Å². The maximum Gasteiger partial charge on any atom is 0.265 e. The minimum atomic E-state index is -0.169. The van der Waals surface area contributed by atoms with E-state index in [1.807, 2.05) is 49.4 Å². The fraction of sp³-hybridized carbons (Fsp3) is 0.158. The van der Waals surface area contributed by atoms with Gasteiger partial charge in [-0.2, -0.15) is 0 Å². The van der Waals surface area contributed by atoms with E-state index >= 15 is 0 Å². The highest BCUT2D eigenvalue weighted by Gasteiger charge is 2.27. The van der Waals surface area contributed by atoms with Crippen LogP contribution in [0.4, 0.5) is 0 Å². The quantitative estimate of drug-likeness (QED) is 0.693. The van der Waals surface area contributed by atoms with Crippen LogP contribution in [0.1, 0.15) is 22.3 Å². The summed E-state index contributed by atoms with van der Waals surface area (Å²) < 4.78 is 7.25. The van der Waals surface area contributed by atoms with E-state index < -0.39 is 0 Å². The second-order valence-corrected chi connectivity index (χ2v) is 5.72. The number of nitrogens with zero attached hydrogens (tertiary/aromatic N) is 1. The first-order valence-corrected chi connectivity index (χ1v) is 7.57. The Kier molecular flexibility index (Phi) is 3.05. The van der Waals surface area contributed by atoms with Crippen molar-refractivity contribution in [2.75, 3.05) is 6.61 Å². The van der Waals surface area contributed by atoms with Crippen LogP contribution in [0.5, 0.6) is 5.88 Å². The van der Waals surface area contributed by atoms with Crippen molar-refractivity contribution in [2.45, 2.75) is 13.3 Å². The number of rotatable bonds is 1. The van der Waals surface area contributed by atoms with Gasteiger partial charge in [0.1, 0.15) is 0 Å². The van der Waals surface area contributed by atoms with Gasteiger partial charge in [-0.1, -0.05) is 35.9 Å². The second-order valence-electron chi connectivity index (χ2n) is 5.72. The Morgan fingerprint density at radius 3 is 2.39 bits per heavy atom. The first-order valence-electron chi connectivity index (χ1n) is 7.57. The van der Waals surface area contributed by atoms with Crippen LogP contribution in [0.15, 0.2) is 53.3 Å². The van der Waals surface area contributed by atoms with E-state index in [-0.39, 0.29) is 11.3 Å². The molecule has 0 aliphatic carbocycles. The lowest BCUT2D eigenvalue weighted by molar-refractivity contribution is 0.0929. The number of ether oxygens (including phenoxy) is 1. The Bertz CT molecular complexity index is 984. The molecule has 0 saturated carbocycles. The largest absolute Gasteiger partial charge is 0.478 e. The molecule has 0 amide bonds. The van der Waals surface area contributed by atoms with Crippen molar-refractivity contribution in [2.24, 2.45) is 0 Å². The van der Waals surface area contributed by atoms with Gasteiger partial charge < -0.3 is 4.74 Å². The monoisotopic (exact) mass is 305 g/mol. The number of carbonyl (C=O) groups is 1. The first-order chi connectivity index (χ1) is 11.2. The lowest BCUT2D eigenvalue weighted by Gasteiger charge is -2.22. The van der Waals surface area contributed by atoms with Gasteiger partial charge >= 0.3 is 0 Å². The maximum absolute atomic E-state index is 13.0. The Morgan fingerprint density at radius 1 is 0.957 bits per heavy atom. The molecule has 0 radical (unpaired) electrons. The zero-order chi connectivity index (χ0) is 16.0. The fourth-order valence-corrected chi connectivity index (χ4v) is 3.03. The van der Waals surface area contributed by atoms with Gasteiger partial charge in [-0.05, 0) is 25.1 Å². The summed E-state index contributed by atoms with van der Waals surface area (Å²) in [6, 6.07) is 14.8. The number of carbonyl (C=O) groups excluding carboxylic acids is 1. The predicted molar refractivity (Wildman–Crippen MR) is 88.7 cm³/mol. The zero-order valence-corrected chi connectivity index (χ0v) is 12.7. The number of ketones is 1. The molecule has 0 fully saturated rings. The van der Waals surface area contributed by atoms with Crippen LogP contribution < -0.4 is 10.3 Å². The first kappa shape index (κ1) is 13.8. The molecule has 0 bridgehead atoms. The number of pyridine rings is 1. The summed E-state index contributed by atoms with van der Waals surface area (Å²) in [4.78, 5) is 25.4. The Labute approximate surface area is 132 Å². The van der Waals surface area contributed by atoms with Crippen molar-refractivity contribution in [1.82, 2.24) is 4.57 Å². The highest BCUT2D eigenvalue weighted by atomic mass is 16.5. The molecule has 0 spiro atoms. The number of hydrogen-bond donors (Lipinski definition) is 0. The fourth-order valence-electron chi connectivity index (χ4n) is 3.03. The van der Waals surface area contributed by atoms with Crippen LogP contribution in [0.3, 0.4) is 0 Å². The molecule has 0 N–H and O–H groups in total. The third-order valence-corrected chi connectivity index (χ3v) is 4.19. The van der Waals surface area contributed by atoms with Gasteiger partial charge in [-0.3, -0.25) is 9.59 Å². The smallest absolute Gasteiger partial charge is 0.265 e. The van der Waals surface area contributed by atoms with Crippen molar-refractivity contribution in [3.63, 3.8) is 0 Å². The summed E-state index contributed by atoms with van der Waals surface area (Å²) in [7, 11) is 0. The molecule has 4 heteroatoms. The Balaban J connectivity index is 2.16. The molecule has 0 atom stereocenters. The average molecular weight is 305 g/mol. The molecule has 1 aromatic heterocycles. The summed E-state index contributed by atoms with van der Waals surface area (Å²) >= 11 is 0. The van der Waals surface area contributed by atoms with Crippen LogP contribution in [0.25, 0.3) is 16.5 Å². The summed E-state index contributed by atoms with van der Waals surface area (Å²) in [6.07, 6.45) is 0.336. The lowest BCUT2D eigenvalue weighted by atomic mass is 10.00. The zero-order valence-electron chi connectivity index (χ0n) is 12.7. The van der Waals surface area contributed by atoms with Crippen LogP contribution in [-0.4, -0.2) is 17.0 Å². The van der Waals surface area contributed by atoms with Crippen molar-refractivity contribution < 1.29 is 9.53 Å². The molecule has 1 aliphatic heterocycles. The Morgan fingerprint density at radius 2 is 1.65 bits per heavy atom. The third-order valence-electron chi connectivity index (χ3n) is 4.19. The SMILES string of the molecule is Cc1ccc(-n2c3c(c4ccccc4c2=O)C(=O)CCO3)cc1. The molecule has 2 heterocycles. The van der Waals surface area contributed by atoms with E-state index in [9.17, 15) is 9.59 Å². The van der Waals surface area contributed by atoms with Gasteiger partial charge in [-0.15, -0.1) is 0 Å². The minimum Gasteiger partial charge on any atom is -0.478 e. The maximum atomic E-state index is 13.0. The predicted octanol–water partition coefficient (Wildman–Crippen LogP) is 3.26. The van der Waals surface area contributed by atoms with Gasteiger partial charge in [0.2, 0.25) is 5.88 Å². The van der Waals surface area contributed by atoms with Crippen molar-refractivity contribution in [1.29, 1.82) is 0 Å². The summed E-state index contributed by atoms with van der Waals surface area (Å²) in [5, 5.41) is 1.20. The van der Waals surface area contributed by atoms with E-state index in [1.54, 1.807) is 6.07 Å². The molecule has 0 unspecified atom stereocenters. The molecule has 23 heavy (non-hydrogen) atoms. The lowest BCUT2D eigenvalue weighted by Crippen LogP contribution is -2.27. The molecule has 3 aromatic rings. The minimum absolute atomic E-state index is 0.0170. The van der Waals surface area contributed by atoms with E-state index in [1.165, 1.54) is 4.57 Å². The summed E-state index contributed by atoms with van der Waals surface area (Å²) in [6.45, 7) is 2.29. The normalized spacial score (nSPS) is 13.7. The van der Waals surface area contributed by atoms with Gasteiger partial charge in [-0.25, -0.2) is 4.57 Å². The van der Waals surface area contributed by atoms with E-state index in [4.69, 9.17) is 4.74 Å². The van der Waals surface area contributed by atoms with Gasteiger partial charge in [0.05, 0.1) is 17.9 Å². The average Bonchev–Trinajstić information content (AvgIpc) is 2.57. The van der Waals surface area contributed by atoms with Crippen molar-refractivity contribution in [3.05, 3.63) is 70.0 Å². The standard InChI is InChI=1S/C19H15NO3/c1-12-6-8-13(9-7-12)20-18(22)15-5-3-2-4-14(15)17-16(21)10-11-23-19(17)20/h2-9H,10-11H2,1H3.